The lowest BCUT2D eigenvalue weighted by Crippen LogP contribution is -2.07. The van der Waals surface area contributed by atoms with Crippen molar-refractivity contribution in [3.05, 3.63) is 24.8 Å². The molecule has 0 radical (unpaired) electrons. The van der Waals surface area contributed by atoms with Crippen LogP contribution in [0.2, 0.25) is 0 Å². The highest BCUT2D eigenvalue weighted by molar-refractivity contribution is 5.87. The van der Waals surface area contributed by atoms with Gasteiger partial charge in [0.15, 0.2) is 0 Å². The van der Waals surface area contributed by atoms with E-state index in [1.54, 1.807) is 0 Å². The monoisotopic (exact) mass is 254 g/mol. The van der Waals surface area contributed by atoms with Crippen molar-refractivity contribution < 1.29 is 19.1 Å². The van der Waals surface area contributed by atoms with Crippen LogP contribution < -0.4 is 0 Å². The lowest BCUT2D eigenvalue weighted by Gasteiger charge is -2.05. The molecule has 0 aromatic carbocycles. The molecule has 0 saturated heterocycles. The zero-order valence-electron chi connectivity index (χ0n) is 11.1. The summed E-state index contributed by atoms with van der Waals surface area (Å²) in [4.78, 5) is 21.9. The van der Waals surface area contributed by atoms with Crippen molar-refractivity contribution in [3.8, 4) is 0 Å². The van der Waals surface area contributed by atoms with Gasteiger partial charge in [0, 0.05) is 11.6 Å². The zero-order valence-corrected chi connectivity index (χ0v) is 11.1. The van der Waals surface area contributed by atoms with Crippen LogP contribution in [0.25, 0.3) is 0 Å². The Hall–Kier alpha value is -1.58. The van der Waals surface area contributed by atoms with Crippen molar-refractivity contribution in [1.82, 2.24) is 0 Å². The molecule has 0 amide bonds. The summed E-state index contributed by atoms with van der Waals surface area (Å²) in [5.74, 6) is -0.695. The predicted molar refractivity (Wildman–Crippen MR) is 70.0 cm³/mol. The molecule has 0 heterocycles. The van der Waals surface area contributed by atoms with E-state index in [2.05, 4.69) is 13.2 Å². The molecule has 0 N–H and O–H groups in total. The minimum Gasteiger partial charge on any atom is -0.463 e. The van der Waals surface area contributed by atoms with E-state index in [1.165, 1.54) is 0 Å². The van der Waals surface area contributed by atoms with Gasteiger partial charge in [-0.15, -0.1) is 0 Å². The maximum atomic E-state index is 11.2. The smallest absolute Gasteiger partial charge is 0.333 e. The minimum absolute atomic E-state index is 0.308. The molecule has 4 heteroatoms. The Balaban J connectivity index is 3.31. The third-order valence-corrected chi connectivity index (χ3v) is 2.40. The van der Waals surface area contributed by atoms with Gasteiger partial charge in [0.1, 0.15) is 0 Å². The molecule has 18 heavy (non-hydrogen) atoms. The number of carbonyl (C=O) groups excluding carboxylic acids is 2. The van der Waals surface area contributed by atoms with E-state index in [0.29, 0.717) is 25.2 Å². The molecular formula is C14H22O4. The number of unbranched alkanes of at least 4 members (excludes halogenated alkanes) is 3. The summed E-state index contributed by atoms with van der Waals surface area (Å²) in [5.41, 5.74) is 0.506. The number of hydrogen-bond acceptors (Lipinski definition) is 4. The van der Waals surface area contributed by atoms with Crippen LogP contribution in [0.4, 0.5) is 0 Å². The highest BCUT2D eigenvalue weighted by atomic mass is 16.5. The zero-order chi connectivity index (χ0) is 13.8. The Bertz CT molecular complexity index is 294. The molecule has 4 nitrogen and oxygen atoms in total. The molecule has 0 aromatic rings. The normalized spacial score (nSPS) is 9.61. The van der Waals surface area contributed by atoms with Gasteiger partial charge in [-0.05, 0) is 32.1 Å². The van der Waals surface area contributed by atoms with Gasteiger partial charge in [-0.25, -0.2) is 9.59 Å². The molecule has 0 aromatic heterocycles. The summed E-state index contributed by atoms with van der Waals surface area (Å²) in [6.45, 7) is 9.62. The maximum Gasteiger partial charge on any atom is 0.333 e. The van der Waals surface area contributed by atoms with Crippen LogP contribution >= 0.6 is 0 Å². The van der Waals surface area contributed by atoms with Crippen molar-refractivity contribution in [1.29, 1.82) is 0 Å². The first-order valence-corrected chi connectivity index (χ1v) is 6.25. The number of ether oxygens (including phenoxy) is 2. The lowest BCUT2D eigenvalue weighted by molar-refractivity contribution is -0.139. The quantitative estimate of drug-likeness (QED) is 0.342. The van der Waals surface area contributed by atoms with Gasteiger partial charge in [0.05, 0.1) is 13.2 Å². The number of hydrogen-bond donors (Lipinski definition) is 0. The summed E-state index contributed by atoms with van der Waals surface area (Å²) in [5, 5.41) is 0. The van der Waals surface area contributed by atoms with Crippen molar-refractivity contribution in [3.63, 3.8) is 0 Å². The van der Waals surface area contributed by atoms with Gasteiger partial charge in [-0.2, -0.15) is 0 Å². The molecule has 0 spiro atoms. The highest BCUT2D eigenvalue weighted by Gasteiger charge is 2.04. The van der Waals surface area contributed by atoms with Crippen LogP contribution in [-0.4, -0.2) is 25.2 Å². The Morgan fingerprint density at radius 1 is 1.06 bits per heavy atom. The van der Waals surface area contributed by atoms with Gasteiger partial charge in [0.25, 0.3) is 0 Å². The largest absolute Gasteiger partial charge is 0.463 e. The van der Waals surface area contributed by atoms with Crippen LogP contribution in [0.1, 0.15) is 39.0 Å². The first kappa shape index (κ1) is 16.4. The second-order valence-corrected chi connectivity index (χ2v) is 3.88. The van der Waals surface area contributed by atoms with Crippen LogP contribution in [-0.2, 0) is 19.1 Å². The maximum absolute atomic E-state index is 11.2. The van der Waals surface area contributed by atoms with E-state index < -0.39 is 0 Å². The molecule has 0 saturated carbocycles. The van der Waals surface area contributed by atoms with E-state index >= 15 is 0 Å². The molecule has 0 fully saturated rings. The van der Waals surface area contributed by atoms with E-state index in [-0.39, 0.29) is 11.9 Å². The first-order valence-electron chi connectivity index (χ1n) is 6.25. The molecule has 0 bridgehead atoms. The van der Waals surface area contributed by atoms with E-state index in [0.717, 1.165) is 31.8 Å². The number of esters is 2. The average Bonchev–Trinajstić information content (AvgIpc) is 2.39. The van der Waals surface area contributed by atoms with Crippen LogP contribution in [0.15, 0.2) is 24.8 Å². The first-order chi connectivity index (χ1) is 8.61. The van der Waals surface area contributed by atoms with Crippen LogP contribution in [0.3, 0.4) is 0 Å². The Kier molecular flexibility index (Phi) is 9.64. The second kappa shape index (κ2) is 10.6. The van der Waals surface area contributed by atoms with Gasteiger partial charge >= 0.3 is 11.9 Å². The van der Waals surface area contributed by atoms with E-state index in [1.807, 2.05) is 6.92 Å². The molecule has 0 atom stereocenters. The summed E-state index contributed by atoms with van der Waals surface area (Å²) in [7, 11) is 0. The highest BCUT2D eigenvalue weighted by Crippen LogP contribution is 2.04. The molecule has 102 valence electrons. The van der Waals surface area contributed by atoms with Crippen molar-refractivity contribution >= 4 is 11.9 Å². The molecule has 0 aliphatic rings. The topological polar surface area (TPSA) is 52.6 Å². The minimum atomic E-state index is -0.387. The second-order valence-electron chi connectivity index (χ2n) is 3.88. The molecular weight excluding hydrogens is 232 g/mol. The predicted octanol–water partition coefficient (Wildman–Crippen LogP) is 2.79. The summed E-state index contributed by atoms with van der Waals surface area (Å²) >= 11 is 0. The third-order valence-electron chi connectivity index (χ3n) is 2.40. The van der Waals surface area contributed by atoms with E-state index in [9.17, 15) is 9.59 Å². The average molecular weight is 254 g/mol. The van der Waals surface area contributed by atoms with Crippen molar-refractivity contribution in [2.45, 2.75) is 39.0 Å². The fraction of sp³-hybridized carbons (Fsp3) is 0.571. The molecule has 0 unspecified atom stereocenters. The Morgan fingerprint density at radius 2 is 1.61 bits per heavy atom. The van der Waals surface area contributed by atoms with Crippen molar-refractivity contribution in [2.75, 3.05) is 13.2 Å². The molecule has 0 aliphatic heterocycles. The fourth-order valence-electron chi connectivity index (χ4n) is 1.20. The van der Waals surface area contributed by atoms with Gasteiger partial charge in [-0.3, -0.25) is 0 Å². The van der Waals surface area contributed by atoms with Gasteiger partial charge < -0.3 is 9.47 Å². The third kappa shape index (κ3) is 8.56. The van der Waals surface area contributed by atoms with Crippen LogP contribution in [0.5, 0.6) is 0 Å². The number of rotatable bonds is 10. The molecule has 0 rings (SSSR count). The Labute approximate surface area is 109 Å². The van der Waals surface area contributed by atoms with E-state index in [4.69, 9.17) is 9.47 Å². The number of carbonyl (C=O) groups is 2. The van der Waals surface area contributed by atoms with Gasteiger partial charge in [0.2, 0.25) is 0 Å². The SMILES string of the molecule is C=CC(=O)OCCCCCCOC(=O)C(=C)CC. The van der Waals surface area contributed by atoms with Crippen LogP contribution in [0, 0.1) is 0 Å². The standard InChI is InChI=1S/C14H22O4/c1-4-12(3)14(16)18-11-9-7-6-8-10-17-13(15)5-2/h5H,2-4,6-11H2,1H3. The van der Waals surface area contributed by atoms with Gasteiger partial charge in [-0.1, -0.05) is 20.1 Å². The summed E-state index contributed by atoms with van der Waals surface area (Å²) in [6, 6.07) is 0. The Morgan fingerprint density at radius 3 is 2.11 bits per heavy atom. The molecule has 0 aliphatic carbocycles. The summed E-state index contributed by atoms with van der Waals surface area (Å²) < 4.78 is 9.85. The van der Waals surface area contributed by atoms with Crippen molar-refractivity contribution in [2.24, 2.45) is 0 Å². The lowest BCUT2D eigenvalue weighted by atomic mass is 10.2. The fourth-order valence-corrected chi connectivity index (χ4v) is 1.20. The summed E-state index contributed by atoms with van der Waals surface area (Å²) in [6.07, 6.45) is 5.29.